The molecule has 0 N–H and O–H groups in total. The molecule has 0 spiro atoms. The van der Waals surface area contributed by atoms with Gasteiger partial charge in [0.05, 0.1) is 5.69 Å². The van der Waals surface area contributed by atoms with Crippen molar-refractivity contribution in [2.45, 2.75) is 13.1 Å². The van der Waals surface area contributed by atoms with Gasteiger partial charge in [-0.05, 0) is 42.4 Å². The van der Waals surface area contributed by atoms with E-state index in [0.717, 1.165) is 18.8 Å². The first-order valence-electron chi connectivity index (χ1n) is 6.98. The van der Waals surface area contributed by atoms with Gasteiger partial charge in [0.2, 0.25) is 0 Å². The molecule has 3 aromatic rings. The smallest absolute Gasteiger partial charge is 0.0645 e. The Bertz CT molecular complexity index is 660. The third-order valence-corrected chi connectivity index (χ3v) is 3.33. The average Bonchev–Trinajstić information content (AvgIpc) is 3.03. The first kappa shape index (κ1) is 13.5. The van der Waals surface area contributed by atoms with Crippen molar-refractivity contribution in [2.75, 3.05) is 7.05 Å². The van der Waals surface area contributed by atoms with Crippen molar-refractivity contribution in [1.82, 2.24) is 19.7 Å². The summed E-state index contributed by atoms with van der Waals surface area (Å²) in [6.07, 6.45) is 7.45. The molecule has 0 aliphatic carbocycles. The molecule has 106 valence electrons. The lowest BCUT2D eigenvalue weighted by atomic mass is 10.2. The molecule has 1 aromatic carbocycles. The lowest BCUT2D eigenvalue weighted by Gasteiger charge is -2.16. The summed E-state index contributed by atoms with van der Waals surface area (Å²) in [6, 6.07) is 14.5. The predicted molar refractivity (Wildman–Crippen MR) is 83.0 cm³/mol. The van der Waals surface area contributed by atoms with Gasteiger partial charge in [0, 0.05) is 37.9 Å². The maximum atomic E-state index is 4.23. The van der Waals surface area contributed by atoms with Gasteiger partial charge in [-0.25, -0.2) is 4.68 Å². The van der Waals surface area contributed by atoms with E-state index in [-0.39, 0.29) is 0 Å². The second kappa shape index (κ2) is 6.33. The van der Waals surface area contributed by atoms with Crippen molar-refractivity contribution in [3.8, 4) is 5.69 Å². The number of pyridine rings is 1. The number of rotatable bonds is 5. The molecule has 2 aromatic heterocycles. The molecule has 3 rings (SSSR count). The van der Waals surface area contributed by atoms with Crippen LogP contribution in [0.5, 0.6) is 0 Å². The third kappa shape index (κ3) is 3.55. The lowest BCUT2D eigenvalue weighted by Crippen LogP contribution is -2.17. The fraction of sp³-hybridized carbons (Fsp3) is 0.176. The zero-order valence-electron chi connectivity index (χ0n) is 12.1. The minimum absolute atomic E-state index is 0.898. The van der Waals surface area contributed by atoms with Gasteiger partial charge in [-0.1, -0.05) is 18.2 Å². The maximum absolute atomic E-state index is 4.23. The minimum Gasteiger partial charge on any atom is -0.298 e. The van der Waals surface area contributed by atoms with Gasteiger partial charge >= 0.3 is 0 Å². The molecule has 0 atom stereocenters. The molecular weight excluding hydrogens is 260 g/mol. The van der Waals surface area contributed by atoms with Gasteiger partial charge in [-0.3, -0.25) is 9.88 Å². The zero-order valence-corrected chi connectivity index (χ0v) is 12.1. The predicted octanol–water partition coefficient (Wildman–Crippen LogP) is 2.90. The van der Waals surface area contributed by atoms with Crippen LogP contribution in [0, 0.1) is 0 Å². The van der Waals surface area contributed by atoms with Crippen molar-refractivity contribution < 1.29 is 0 Å². The molecule has 4 heteroatoms. The van der Waals surface area contributed by atoms with E-state index in [1.165, 1.54) is 11.1 Å². The van der Waals surface area contributed by atoms with Crippen molar-refractivity contribution in [1.29, 1.82) is 0 Å². The molecule has 0 amide bonds. The second-order valence-corrected chi connectivity index (χ2v) is 5.15. The van der Waals surface area contributed by atoms with Crippen LogP contribution in [0.1, 0.15) is 11.1 Å². The number of nitrogens with zero attached hydrogens (tertiary/aromatic N) is 4. The third-order valence-electron chi connectivity index (χ3n) is 3.33. The average molecular weight is 278 g/mol. The Balaban J connectivity index is 1.62. The number of benzene rings is 1. The highest BCUT2D eigenvalue weighted by Gasteiger charge is 2.03. The van der Waals surface area contributed by atoms with Crippen LogP contribution in [0.2, 0.25) is 0 Å². The molecule has 0 saturated carbocycles. The molecule has 21 heavy (non-hydrogen) atoms. The van der Waals surface area contributed by atoms with Crippen LogP contribution in [0.25, 0.3) is 5.69 Å². The highest BCUT2D eigenvalue weighted by atomic mass is 15.3. The van der Waals surface area contributed by atoms with Gasteiger partial charge in [0.25, 0.3) is 0 Å². The highest BCUT2D eigenvalue weighted by Crippen LogP contribution is 2.11. The van der Waals surface area contributed by atoms with E-state index in [1.807, 2.05) is 29.2 Å². The van der Waals surface area contributed by atoms with Gasteiger partial charge in [0.15, 0.2) is 0 Å². The molecule has 0 aliphatic heterocycles. The molecule has 4 nitrogen and oxygen atoms in total. The summed E-state index contributed by atoms with van der Waals surface area (Å²) >= 11 is 0. The van der Waals surface area contributed by atoms with Crippen LogP contribution in [-0.4, -0.2) is 26.7 Å². The van der Waals surface area contributed by atoms with Gasteiger partial charge in [0.1, 0.15) is 0 Å². The van der Waals surface area contributed by atoms with Crippen molar-refractivity contribution >= 4 is 0 Å². The summed E-state index contributed by atoms with van der Waals surface area (Å²) in [6.45, 7) is 1.81. The summed E-state index contributed by atoms with van der Waals surface area (Å²) in [5.74, 6) is 0. The monoisotopic (exact) mass is 278 g/mol. The fourth-order valence-electron chi connectivity index (χ4n) is 2.35. The van der Waals surface area contributed by atoms with Crippen LogP contribution in [-0.2, 0) is 13.1 Å². The summed E-state index contributed by atoms with van der Waals surface area (Å²) < 4.78 is 1.86. The molecule has 0 aliphatic rings. The maximum Gasteiger partial charge on any atom is 0.0645 e. The van der Waals surface area contributed by atoms with Gasteiger partial charge < -0.3 is 0 Å². The fourth-order valence-corrected chi connectivity index (χ4v) is 2.35. The van der Waals surface area contributed by atoms with Crippen molar-refractivity contribution in [2.24, 2.45) is 0 Å². The minimum atomic E-state index is 0.898. The molecule has 0 saturated heterocycles. The van der Waals surface area contributed by atoms with E-state index in [0.29, 0.717) is 0 Å². The summed E-state index contributed by atoms with van der Waals surface area (Å²) in [5.41, 5.74) is 3.60. The Morgan fingerprint density at radius 2 is 1.76 bits per heavy atom. The zero-order chi connectivity index (χ0) is 14.5. The Hall–Kier alpha value is -2.46. The van der Waals surface area contributed by atoms with E-state index in [4.69, 9.17) is 0 Å². The number of hydrogen-bond acceptors (Lipinski definition) is 3. The molecule has 0 unspecified atom stereocenters. The second-order valence-electron chi connectivity index (χ2n) is 5.15. The van der Waals surface area contributed by atoms with Crippen LogP contribution < -0.4 is 0 Å². The van der Waals surface area contributed by atoms with Crippen LogP contribution in [0.15, 0.2) is 67.3 Å². The summed E-state index contributed by atoms with van der Waals surface area (Å²) in [7, 11) is 2.12. The van der Waals surface area contributed by atoms with E-state index in [2.05, 4.69) is 52.4 Å². The van der Waals surface area contributed by atoms with E-state index < -0.39 is 0 Å². The summed E-state index contributed by atoms with van der Waals surface area (Å²) in [5, 5.41) is 4.23. The van der Waals surface area contributed by atoms with Gasteiger partial charge in [-0.2, -0.15) is 5.10 Å². The highest BCUT2D eigenvalue weighted by molar-refractivity contribution is 5.33. The first-order chi connectivity index (χ1) is 10.3. The molecule has 2 heterocycles. The lowest BCUT2D eigenvalue weighted by molar-refractivity contribution is 0.318. The van der Waals surface area contributed by atoms with E-state index in [9.17, 15) is 0 Å². The van der Waals surface area contributed by atoms with E-state index >= 15 is 0 Å². The quantitative estimate of drug-likeness (QED) is 0.719. The van der Waals surface area contributed by atoms with Crippen LogP contribution in [0.4, 0.5) is 0 Å². The SMILES string of the molecule is CN(Cc1ccc(-n2cccn2)cc1)Cc1cccnc1. The Labute approximate surface area is 124 Å². The molecule has 0 fully saturated rings. The van der Waals surface area contributed by atoms with Crippen LogP contribution in [0.3, 0.4) is 0 Å². The van der Waals surface area contributed by atoms with Crippen molar-refractivity contribution in [3.05, 3.63) is 78.4 Å². The normalized spacial score (nSPS) is 11.0. The number of hydrogen-bond donors (Lipinski definition) is 0. The van der Waals surface area contributed by atoms with Crippen molar-refractivity contribution in [3.63, 3.8) is 0 Å². The van der Waals surface area contributed by atoms with Gasteiger partial charge in [-0.15, -0.1) is 0 Å². The standard InChI is InChI=1S/C17H18N4/c1-20(14-16-4-2-9-18-12-16)13-15-5-7-17(8-6-15)21-11-3-10-19-21/h2-12H,13-14H2,1H3. The Morgan fingerprint density at radius 1 is 0.952 bits per heavy atom. The molecule has 0 radical (unpaired) electrons. The first-order valence-corrected chi connectivity index (χ1v) is 6.98. The Kier molecular flexibility index (Phi) is 4.07. The van der Waals surface area contributed by atoms with E-state index in [1.54, 1.807) is 12.4 Å². The topological polar surface area (TPSA) is 34.0 Å². The molecular formula is C17H18N4. The summed E-state index contributed by atoms with van der Waals surface area (Å²) in [4.78, 5) is 6.43. The van der Waals surface area contributed by atoms with Crippen LogP contribution >= 0.6 is 0 Å². The number of aromatic nitrogens is 3. The Morgan fingerprint density at radius 3 is 2.43 bits per heavy atom. The largest absolute Gasteiger partial charge is 0.298 e. The molecule has 0 bridgehead atoms.